The van der Waals surface area contributed by atoms with Crippen LogP contribution in [0.4, 0.5) is 5.95 Å². The maximum absolute atomic E-state index is 12.3. The minimum Gasteiger partial charge on any atom is -0.508 e. The third-order valence-corrected chi connectivity index (χ3v) is 4.55. The van der Waals surface area contributed by atoms with Gasteiger partial charge in [-0.25, -0.2) is 10.4 Å². The largest absolute Gasteiger partial charge is 0.508 e. The lowest BCUT2D eigenvalue weighted by Gasteiger charge is -2.06. The van der Waals surface area contributed by atoms with Crippen LogP contribution in [0.2, 0.25) is 0 Å². The van der Waals surface area contributed by atoms with Gasteiger partial charge < -0.3 is 5.11 Å². The Morgan fingerprint density at radius 2 is 1.71 bits per heavy atom. The van der Waals surface area contributed by atoms with Crippen LogP contribution in [-0.2, 0) is 0 Å². The summed E-state index contributed by atoms with van der Waals surface area (Å²) in [5, 5.41) is 22.9. The SMILES string of the molecule is N#Cc1c(-c2ccccc2)nc(NN=Cc2cccc(-c3ccc(O)cc3)c2)[nH]c1=O. The molecule has 4 rings (SSSR count). The number of anilines is 1. The Morgan fingerprint density at radius 1 is 0.968 bits per heavy atom. The lowest BCUT2D eigenvalue weighted by atomic mass is 10.0. The molecule has 0 atom stereocenters. The number of nitrogens with one attached hydrogen (secondary N) is 2. The number of hydrogen-bond acceptors (Lipinski definition) is 6. The highest BCUT2D eigenvalue weighted by Gasteiger charge is 2.12. The Labute approximate surface area is 178 Å². The molecule has 7 heteroatoms. The van der Waals surface area contributed by atoms with Crippen molar-refractivity contribution in [2.45, 2.75) is 0 Å². The molecule has 31 heavy (non-hydrogen) atoms. The van der Waals surface area contributed by atoms with Crippen molar-refractivity contribution < 1.29 is 5.11 Å². The second kappa shape index (κ2) is 8.76. The monoisotopic (exact) mass is 407 g/mol. The Bertz CT molecular complexity index is 1340. The summed E-state index contributed by atoms with van der Waals surface area (Å²) in [4.78, 5) is 19.2. The average molecular weight is 407 g/mol. The lowest BCUT2D eigenvalue weighted by molar-refractivity contribution is 0.475. The predicted molar refractivity (Wildman–Crippen MR) is 120 cm³/mol. The van der Waals surface area contributed by atoms with E-state index in [1.807, 2.05) is 60.7 Å². The van der Waals surface area contributed by atoms with E-state index < -0.39 is 5.56 Å². The van der Waals surface area contributed by atoms with E-state index >= 15 is 0 Å². The molecule has 0 radical (unpaired) electrons. The number of rotatable bonds is 5. The molecule has 0 aliphatic rings. The van der Waals surface area contributed by atoms with Crippen molar-refractivity contribution in [3.8, 4) is 34.2 Å². The molecular formula is C24H17N5O2. The first-order valence-electron chi connectivity index (χ1n) is 9.42. The van der Waals surface area contributed by atoms with E-state index in [-0.39, 0.29) is 17.3 Å². The highest BCUT2D eigenvalue weighted by Crippen LogP contribution is 2.22. The average Bonchev–Trinajstić information content (AvgIpc) is 2.80. The van der Waals surface area contributed by atoms with E-state index in [9.17, 15) is 15.2 Å². The molecule has 4 aromatic rings. The number of nitrogens with zero attached hydrogens (tertiary/aromatic N) is 3. The van der Waals surface area contributed by atoms with Gasteiger partial charge in [-0.1, -0.05) is 60.7 Å². The van der Waals surface area contributed by atoms with Crippen molar-refractivity contribution in [1.29, 1.82) is 5.26 Å². The zero-order valence-electron chi connectivity index (χ0n) is 16.3. The Morgan fingerprint density at radius 3 is 2.45 bits per heavy atom. The summed E-state index contributed by atoms with van der Waals surface area (Å²) in [5.41, 5.74) is 5.85. The fraction of sp³-hybridized carbons (Fsp3) is 0. The molecule has 0 bridgehead atoms. The molecule has 0 fully saturated rings. The van der Waals surface area contributed by atoms with Gasteiger partial charge in [0, 0.05) is 5.56 Å². The minimum absolute atomic E-state index is 0.0534. The van der Waals surface area contributed by atoms with Gasteiger partial charge in [-0.15, -0.1) is 0 Å². The number of phenolic OH excluding ortho intramolecular Hbond substituents is 1. The number of nitriles is 1. The van der Waals surface area contributed by atoms with Crippen LogP contribution in [0.3, 0.4) is 0 Å². The van der Waals surface area contributed by atoms with Crippen LogP contribution in [0.5, 0.6) is 5.75 Å². The summed E-state index contributed by atoms with van der Waals surface area (Å²) in [6, 6.07) is 25.6. The second-order valence-corrected chi connectivity index (χ2v) is 6.66. The number of phenols is 1. The molecule has 3 N–H and O–H groups in total. The van der Waals surface area contributed by atoms with Gasteiger partial charge in [-0.05, 0) is 34.9 Å². The van der Waals surface area contributed by atoms with Crippen LogP contribution >= 0.6 is 0 Å². The molecule has 0 amide bonds. The highest BCUT2D eigenvalue weighted by molar-refractivity contribution is 5.83. The fourth-order valence-corrected chi connectivity index (χ4v) is 3.06. The molecule has 1 heterocycles. The molecule has 0 saturated heterocycles. The van der Waals surface area contributed by atoms with Crippen molar-refractivity contribution in [1.82, 2.24) is 9.97 Å². The van der Waals surface area contributed by atoms with Gasteiger partial charge in [0.1, 0.15) is 17.4 Å². The van der Waals surface area contributed by atoms with Crippen LogP contribution in [0.25, 0.3) is 22.4 Å². The van der Waals surface area contributed by atoms with Crippen molar-refractivity contribution in [2.24, 2.45) is 5.10 Å². The van der Waals surface area contributed by atoms with Crippen molar-refractivity contribution in [3.63, 3.8) is 0 Å². The number of aromatic hydroxyl groups is 1. The first-order valence-corrected chi connectivity index (χ1v) is 9.42. The number of benzene rings is 3. The molecule has 1 aromatic heterocycles. The molecule has 0 unspecified atom stereocenters. The smallest absolute Gasteiger partial charge is 0.270 e. The van der Waals surface area contributed by atoms with Gasteiger partial charge in [0.15, 0.2) is 0 Å². The number of hydrogen-bond donors (Lipinski definition) is 3. The molecule has 0 aliphatic carbocycles. The van der Waals surface area contributed by atoms with Gasteiger partial charge >= 0.3 is 0 Å². The van der Waals surface area contributed by atoms with E-state index in [4.69, 9.17) is 0 Å². The summed E-state index contributed by atoms with van der Waals surface area (Å²) in [5.74, 6) is 0.346. The van der Waals surface area contributed by atoms with E-state index in [0.29, 0.717) is 11.3 Å². The molecule has 7 nitrogen and oxygen atoms in total. The standard InChI is InChI=1S/C24H17N5O2/c25-14-21-22(18-6-2-1-3-7-18)27-24(28-23(21)31)29-26-15-16-5-4-8-19(13-16)17-9-11-20(30)12-10-17/h1-13,15,30H,(H2,27,28,29,31). The fourth-order valence-electron chi connectivity index (χ4n) is 3.06. The van der Waals surface area contributed by atoms with Crippen LogP contribution in [-0.4, -0.2) is 21.3 Å². The summed E-state index contributed by atoms with van der Waals surface area (Å²) in [6.07, 6.45) is 1.60. The van der Waals surface area contributed by atoms with E-state index in [2.05, 4.69) is 20.5 Å². The Balaban J connectivity index is 1.58. The third kappa shape index (κ3) is 4.49. The van der Waals surface area contributed by atoms with E-state index in [1.165, 1.54) is 0 Å². The Kier molecular flexibility index (Phi) is 5.54. The Hall–Kier alpha value is -4.70. The molecule has 0 spiro atoms. The van der Waals surface area contributed by atoms with Gasteiger partial charge in [0.25, 0.3) is 5.56 Å². The third-order valence-electron chi connectivity index (χ3n) is 4.55. The van der Waals surface area contributed by atoms with Gasteiger partial charge in [-0.3, -0.25) is 9.78 Å². The van der Waals surface area contributed by atoms with Crippen LogP contribution in [0.15, 0.2) is 88.8 Å². The van der Waals surface area contributed by atoms with Crippen molar-refractivity contribution in [3.05, 3.63) is 100 Å². The molecular weight excluding hydrogens is 390 g/mol. The van der Waals surface area contributed by atoms with Gasteiger partial charge in [0.05, 0.1) is 11.9 Å². The molecule has 150 valence electrons. The number of H-pyrrole nitrogens is 1. The zero-order valence-corrected chi connectivity index (χ0v) is 16.3. The minimum atomic E-state index is -0.539. The quantitative estimate of drug-likeness (QED) is 0.340. The van der Waals surface area contributed by atoms with Crippen LogP contribution in [0, 0.1) is 11.3 Å². The van der Waals surface area contributed by atoms with Gasteiger partial charge in [-0.2, -0.15) is 10.4 Å². The predicted octanol–water partition coefficient (Wildman–Crippen LogP) is 4.13. The van der Waals surface area contributed by atoms with Crippen molar-refractivity contribution in [2.75, 3.05) is 5.43 Å². The van der Waals surface area contributed by atoms with Crippen LogP contribution < -0.4 is 11.0 Å². The summed E-state index contributed by atoms with van der Waals surface area (Å²) >= 11 is 0. The summed E-state index contributed by atoms with van der Waals surface area (Å²) in [7, 11) is 0. The zero-order chi connectivity index (χ0) is 21.6. The van der Waals surface area contributed by atoms with Gasteiger partial charge in [0.2, 0.25) is 5.95 Å². The topological polar surface area (TPSA) is 114 Å². The first kappa shape index (κ1) is 19.6. The maximum atomic E-state index is 12.3. The summed E-state index contributed by atoms with van der Waals surface area (Å²) in [6.45, 7) is 0. The highest BCUT2D eigenvalue weighted by atomic mass is 16.3. The number of hydrazone groups is 1. The van der Waals surface area contributed by atoms with Crippen LogP contribution in [0.1, 0.15) is 11.1 Å². The molecule has 3 aromatic carbocycles. The normalized spacial score (nSPS) is 10.7. The number of aromatic nitrogens is 2. The summed E-state index contributed by atoms with van der Waals surface area (Å²) < 4.78 is 0. The molecule has 0 saturated carbocycles. The van der Waals surface area contributed by atoms with E-state index in [1.54, 1.807) is 30.5 Å². The number of aromatic amines is 1. The molecule has 0 aliphatic heterocycles. The van der Waals surface area contributed by atoms with Crippen molar-refractivity contribution >= 4 is 12.2 Å². The maximum Gasteiger partial charge on any atom is 0.270 e. The lowest BCUT2D eigenvalue weighted by Crippen LogP contribution is -2.16. The second-order valence-electron chi connectivity index (χ2n) is 6.66. The first-order chi connectivity index (χ1) is 15.1. The van der Waals surface area contributed by atoms with E-state index in [0.717, 1.165) is 16.7 Å².